The minimum Gasteiger partial charge on any atom is -0.497 e. The van der Waals surface area contributed by atoms with Gasteiger partial charge in [0.2, 0.25) is 15.9 Å². The third-order valence-corrected chi connectivity index (χ3v) is 5.37. The summed E-state index contributed by atoms with van der Waals surface area (Å²) in [6, 6.07) is 14.4. The Kier molecular flexibility index (Phi) is 6.76. The number of amides is 1. The molecule has 0 radical (unpaired) electrons. The molecular weight excluding hydrogens is 352 g/mol. The van der Waals surface area contributed by atoms with Crippen molar-refractivity contribution in [2.45, 2.75) is 31.3 Å². The van der Waals surface area contributed by atoms with Crippen molar-refractivity contribution in [3.05, 3.63) is 60.2 Å². The number of hydrogen-bond acceptors (Lipinski definition) is 4. The molecular formula is C19H24N2O4S. The molecule has 0 spiro atoms. The highest BCUT2D eigenvalue weighted by molar-refractivity contribution is 7.89. The average Bonchev–Trinajstić information content (AvgIpc) is 2.65. The molecule has 2 rings (SSSR count). The molecule has 26 heavy (non-hydrogen) atoms. The van der Waals surface area contributed by atoms with E-state index in [1.807, 2.05) is 12.1 Å². The Morgan fingerprint density at radius 3 is 2.19 bits per heavy atom. The van der Waals surface area contributed by atoms with Crippen molar-refractivity contribution in [1.29, 1.82) is 0 Å². The van der Waals surface area contributed by atoms with E-state index in [-0.39, 0.29) is 16.7 Å². The fourth-order valence-corrected chi connectivity index (χ4v) is 3.73. The van der Waals surface area contributed by atoms with Gasteiger partial charge in [0.25, 0.3) is 0 Å². The summed E-state index contributed by atoms with van der Waals surface area (Å²) >= 11 is 0. The molecule has 0 aliphatic carbocycles. The topological polar surface area (TPSA) is 84.5 Å². The van der Waals surface area contributed by atoms with Gasteiger partial charge in [0, 0.05) is 6.54 Å². The lowest BCUT2D eigenvalue weighted by Crippen LogP contribution is -2.49. The van der Waals surface area contributed by atoms with Crippen LogP contribution in [-0.4, -0.2) is 27.5 Å². The Morgan fingerprint density at radius 1 is 1.04 bits per heavy atom. The van der Waals surface area contributed by atoms with Crippen molar-refractivity contribution < 1.29 is 17.9 Å². The minimum absolute atomic E-state index is 0.133. The molecule has 7 heteroatoms. The number of benzene rings is 2. The molecule has 0 fully saturated rings. The largest absolute Gasteiger partial charge is 0.497 e. The molecule has 2 N–H and O–H groups in total. The van der Waals surface area contributed by atoms with Crippen LogP contribution in [0.25, 0.3) is 0 Å². The lowest BCUT2D eigenvalue weighted by atomic mass is 10.0. The first kappa shape index (κ1) is 19.9. The molecule has 0 heterocycles. The summed E-state index contributed by atoms with van der Waals surface area (Å²) in [5.41, 5.74) is 0.896. The second-order valence-corrected chi connectivity index (χ2v) is 7.94. The van der Waals surface area contributed by atoms with Crippen LogP contribution in [0.1, 0.15) is 19.4 Å². The molecule has 1 amide bonds. The van der Waals surface area contributed by atoms with Crippen molar-refractivity contribution in [2.24, 2.45) is 5.92 Å². The van der Waals surface area contributed by atoms with Crippen molar-refractivity contribution in [1.82, 2.24) is 10.0 Å². The Labute approximate surface area is 154 Å². The van der Waals surface area contributed by atoms with Crippen molar-refractivity contribution >= 4 is 15.9 Å². The minimum atomic E-state index is -3.77. The lowest BCUT2D eigenvalue weighted by Gasteiger charge is -2.21. The van der Waals surface area contributed by atoms with E-state index < -0.39 is 16.1 Å². The van der Waals surface area contributed by atoms with E-state index in [9.17, 15) is 13.2 Å². The number of methoxy groups -OCH3 is 1. The summed E-state index contributed by atoms with van der Waals surface area (Å²) in [6.07, 6.45) is 0. The van der Waals surface area contributed by atoms with Gasteiger partial charge in [0.05, 0.1) is 12.0 Å². The van der Waals surface area contributed by atoms with Gasteiger partial charge in [0.15, 0.2) is 0 Å². The maximum atomic E-state index is 12.5. The van der Waals surface area contributed by atoms with Gasteiger partial charge in [-0.2, -0.15) is 4.72 Å². The Balaban J connectivity index is 2.05. The number of sulfonamides is 1. The van der Waals surface area contributed by atoms with Gasteiger partial charge in [-0.25, -0.2) is 8.42 Å². The second kappa shape index (κ2) is 8.82. The number of carbonyl (C=O) groups excluding carboxylic acids is 1. The molecule has 2 aromatic carbocycles. The zero-order chi connectivity index (χ0) is 19.2. The van der Waals surface area contributed by atoms with Crippen molar-refractivity contribution in [3.8, 4) is 5.75 Å². The molecule has 0 unspecified atom stereocenters. The third kappa shape index (κ3) is 5.31. The third-order valence-electron chi connectivity index (χ3n) is 3.91. The first-order chi connectivity index (χ1) is 12.3. The second-order valence-electron chi connectivity index (χ2n) is 6.22. The normalized spacial score (nSPS) is 12.6. The lowest BCUT2D eigenvalue weighted by molar-refractivity contribution is -0.123. The smallest absolute Gasteiger partial charge is 0.241 e. The van der Waals surface area contributed by atoms with Crippen LogP contribution in [0, 0.1) is 5.92 Å². The highest BCUT2D eigenvalue weighted by atomic mass is 32.2. The molecule has 0 saturated carbocycles. The van der Waals surface area contributed by atoms with Crippen LogP contribution in [-0.2, 0) is 21.4 Å². The fraction of sp³-hybridized carbons (Fsp3) is 0.316. The van der Waals surface area contributed by atoms with Crippen LogP contribution in [0.4, 0.5) is 0 Å². The van der Waals surface area contributed by atoms with Gasteiger partial charge in [-0.3, -0.25) is 4.79 Å². The van der Waals surface area contributed by atoms with Gasteiger partial charge >= 0.3 is 0 Å². The summed E-state index contributed by atoms with van der Waals surface area (Å²) in [6.45, 7) is 3.90. The van der Waals surface area contributed by atoms with E-state index in [0.717, 1.165) is 11.3 Å². The van der Waals surface area contributed by atoms with Crippen molar-refractivity contribution in [2.75, 3.05) is 7.11 Å². The molecule has 0 aliphatic heterocycles. The fourth-order valence-electron chi connectivity index (χ4n) is 2.37. The highest BCUT2D eigenvalue weighted by Crippen LogP contribution is 2.13. The maximum Gasteiger partial charge on any atom is 0.241 e. The van der Waals surface area contributed by atoms with Crippen molar-refractivity contribution in [3.63, 3.8) is 0 Å². The summed E-state index contributed by atoms with van der Waals surface area (Å²) in [4.78, 5) is 12.7. The number of hydrogen-bond donors (Lipinski definition) is 2. The molecule has 0 bridgehead atoms. The standard InChI is InChI=1S/C19H24N2O4S/c1-14(2)18(21-26(23,24)17-7-5-4-6-8-17)19(22)20-13-15-9-11-16(25-3)12-10-15/h4-12,14,18,21H,13H2,1-3H3,(H,20,22)/t18-/m0/s1. The van der Waals surface area contributed by atoms with Crippen LogP contribution in [0.3, 0.4) is 0 Å². The van der Waals surface area contributed by atoms with Gasteiger partial charge in [0.1, 0.15) is 11.8 Å². The van der Waals surface area contributed by atoms with Gasteiger partial charge in [-0.05, 0) is 35.7 Å². The van der Waals surface area contributed by atoms with E-state index in [0.29, 0.717) is 6.54 Å². The molecule has 0 aromatic heterocycles. The van der Waals surface area contributed by atoms with Gasteiger partial charge in [-0.15, -0.1) is 0 Å². The summed E-state index contributed by atoms with van der Waals surface area (Å²) in [5, 5.41) is 2.79. The summed E-state index contributed by atoms with van der Waals surface area (Å²) in [7, 11) is -2.18. The number of rotatable bonds is 8. The van der Waals surface area contributed by atoms with E-state index in [4.69, 9.17) is 4.74 Å². The molecule has 140 valence electrons. The van der Waals surface area contributed by atoms with Crippen LogP contribution in [0.2, 0.25) is 0 Å². The van der Waals surface area contributed by atoms with Gasteiger partial charge < -0.3 is 10.1 Å². The van der Waals surface area contributed by atoms with Crippen LogP contribution in [0.5, 0.6) is 5.75 Å². The van der Waals surface area contributed by atoms with E-state index >= 15 is 0 Å². The predicted octanol–water partition coefficient (Wildman–Crippen LogP) is 2.31. The number of ether oxygens (including phenoxy) is 1. The zero-order valence-electron chi connectivity index (χ0n) is 15.1. The molecule has 6 nitrogen and oxygen atoms in total. The first-order valence-electron chi connectivity index (χ1n) is 8.31. The Bertz CT molecular complexity index is 818. The number of carbonyl (C=O) groups is 1. The predicted molar refractivity (Wildman–Crippen MR) is 100 cm³/mol. The molecule has 1 atom stereocenters. The summed E-state index contributed by atoms with van der Waals surface area (Å²) in [5.74, 6) is 0.162. The first-order valence-corrected chi connectivity index (χ1v) is 9.80. The SMILES string of the molecule is COc1ccc(CNC(=O)[C@@H](NS(=O)(=O)c2ccccc2)C(C)C)cc1. The highest BCUT2D eigenvalue weighted by Gasteiger charge is 2.28. The maximum absolute atomic E-state index is 12.5. The zero-order valence-corrected chi connectivity index (χ0v) is 15.9. The monoisotopic (exact) mass is 376 g/mol. The van der Waals surface area contributed by atoms with Crippen LogP contribution >= 0.6 is 0 Å². The Hall–Kier alpha value is -2.38. The molecule has 0 saturated heterocycles. The van der Waals surface area contributed by atoms with E-state index in [1.54, 1.807) is 51.3 Å². The quantitative estimate of drug-likeness (QED) is 0.740. The van der Waals surface area contributed by atoms with Crippen LogP contribution in [0.15, 0.2) is 59.5 Å². The molecule has 2 aromatic rings. The van der Waals surface area contributed by atoms with Gasteiger partial charge in [-0.1, -0.05) is 44.2 Å². The average molecular weight is 376 g/mol. The Morgan fingerprint density at radius 2 is 1.65 bits per heavy atom. The molecule has 0 aliphatic rings. The van der Waals surface area contributed by atoms with E-state index in [2.05, 4.69) is 10.0 Å². The summed E-state index contributed by atoms with van der Waals surface area (Å²) < 4.78 is 32.6. The van der Waals surface area contributed by atoms with Crippen LogP contribution < -0.4 is 14.8 Å². The van der Waals surface area contributed by atoms with E-state index in [1.165, 1.54) is 12.1 Å². The number of nitrogens with one attached hydrogen (secondary N) is 2.